The summed E-state index contributed by atoms with van der Waals surface area (Å²) >= 11 is -3.28. The third-order valence-corrected chi connectivity index (χ3v) is 29.2. The van der Waals surface area contributed by atoms with E-state index >= 15 is 4.79 Å². The Morgan fingerprint density at radius 3 is 1.16 bits per heavy atom. The molecular formula is C33H67O9Si2Sn. The van der Waals surface area contributed by atoms with Crippen LogP contribution in [-0.4, -0.2) is 94.4 Å². The first-order valence-electron chi connectivity index (χ1n) is 17.8. The molecule has 12 heteroatoms. The molecule has 0 amide bonds. The van der Waals surface area contributed by atoms with Crippen LogP contribution in [0, 0.1) is 0 Å². The number of hydrogen-bond acceptors (Lipinski definition) is 9. The number of unbranched alkanes of at least 4 members (excludes halogenated alkanes) is 2. The normalized spacial score (nSPS) is 14.5. The zero-order valence-electron chi connectivity index (χ0n) is 30.5. The van der Waals surface area contributed by atoms with Crippen LogP contribution in [0.4, 0.5) is 0 Å². The van der Waals surface area contributed by atoms with Gasteiger partial charge < -0.3 is 0 Å². The Kier molecular flexibility index (Phi) is 25.0. The molecule has 2 unspecified atom stereocenters. The second-order valence-corrected chi connectivity index (χ2v) is 27.0. The molecule has 0 rings (SSSR count). The van der Waals surface area contributed by atoms with Gasteiger partial charge >= 0.3 is 286 Å². The van der Waals surface area contributed by atoms with Crippen LogP contribution in [0.25, 0.3) is 0 Å². The van der Waals surface area contributed by atoms with Crippen molar-refractivity contribution in [1.29, 1.82) is 0 Å². The molecule has 9 nitrogen and oxygen atoms in total. The molecule has 0 bridgehead atoms. The van der Waals surface area contributed by atoms with Gasteiger partial charge in [0, 0.05) is 0 Å². The predicted molar refractivity (Wildman–Crippen MR) is 187 cm³/mol. The van der Waals surface area contributed by atoms with Crippen LogP contribution < -0.4 is 0 Å². The second kappa shape index (κ2) is 25.0. The van der Waals surface area contributed by atoms with Gasteiger partial charge in [0.2, 0.25) is 0 Å². The van der Waals surface area contributed by atoms with Gasteiger partial charge in [-0.1, -0.05) is 0 Å². The first-order valence-corrected chi connectivity index (χ1v) is 26.8. The molecule has 0 fully saturated rings. The molecule has 265 valence electrons. The Labute approximate surface area is 285 Å². The summed E-state index contributed by atoms with van der Waals surface area (Å²) < 4.78 is 39.5. The van der Waals surface area contributed by atoms with Gasteiger partial charge in [0.25, 0.3) is 0 Å². The average Bonchev–Trinajstić information content (AvgIpc) is 3.02. The van der Waals surface area contributed by atoms with E-state index in [1.807, 2.05) is 41.5 Å². The van der Waals surface area contributed by atoms with Crippen molar-refractivity contribution >= 4 is 54.7 Å². The Hall–Kier alpha value is 0.00247. The maximum atomic E-state index is 15.9. The fraction of sp³-hybridized carbons (Fsp3) is 0.909. The SMILES string of the molecule is CCC[CH2][Sn]([CH2]CCC)[C](C(C)=O)(C(=O)C(C(C)=O)[Si](OCCC)(OCCC)OCCC)[Si](OCCC)(OCCC)OCCC. The van der Waals surface area contributed by atoms with Crippen molar-refractivity contribution in [3.05, 3.63) is 0 Å². The van der Waals surface area contributed by atoms with Gasteiger partial charge in [-0.3, -0.25) is 0 Å². The molecule has 0 saturated heterocycles. The van der Waals surface area contributed by atoms with Crippen molar-refractivity contribution in [3.63, 3.8) is 0 Å². The zero-order chi connectivity index (χ0) is 34.4. The third kappa shape index (κ3) is 12.4. The molecule has 0 aromatic rings. The Morgan fingerprint density at radius 2 is 0.889 bits per heavy atom. The molecule has 0 spiro atoms. The van der Waals surface area contributed by atoms with Gasteiger partial charge in [0.1, 0.15) is 0 Å². The van der Waals surface area contributed by atoms with E-state index in [0.717, 1.165) is 34.6 Å². The van der Waals surface area contributed by atoms with Crippen molar-refractivity contribution in [3.8, 4) is 0 Å². The van der Waals surface area contributed by atoms with Crippen molar-refractivity contribution in [2.45, 2.75) is 151 Å². The van der Waals surface area contributed by atoms with Crippen molar-refractivity contribution in [1.82, 2.24) is 0 Å². The first-order chi connectivity index (χ1) is 21.6. The van der Waals surface area contributed by atoms with Gasteiger partial charge in [-0.25, -0.2) is 0 Å². The van der Waals surface area contributed by atoms with E-state index in [-0.39, 0.29) is 45.4 Å². The summed E-state index contributed by atoms with van der Waals surface area (Å²) in [5.74, 6) is -1.17. The van der Waals surface area contributed by atoms with Crippen LogP contribution in [0.15, 0.2) is 0 Å². The molecule has 1 radical (unpaired) electrons. The summed E-state index contributed by atoms with van der Waals surface area (Å²) in [5, 5.41) is 0. The van der Waals surface area contributed by atoms with Crippen molar-refractivity contribution in [2.75, 3.05) is 39.6 Å². The van der Waals surface area contributed by atoms with Gasteiger partial charge in [-0.05, 0) is 0 Å². The van der Waals surface area contributed by atoms with E-state index in [4.69, 9.17) is 26.6 Å². The fourth-order valence-electron chi connectivity index (χ4n) is 5.54. The number of carbonyl (C=O) groups excluding carboxylic acids is 3. The molecule has 0 aromatic carbocycles. The number of ketones is 3. The summed E-state index contributed by atoms with van der Waals surface area (Å²) in [6.07, 6.45) is 7.60. The Bertz CT molecular complexity index is 780. The van der Waals surface area contributed by atoms with E-state index in [2.05, 4.69) is 13.8 Å². The summed E-state index contributed by atoms with van der Waals surface area (Å²) in [7, 11) is -8.13. The van der Waals surface area contributed by atoms with Crippen LogP contribution in [0.3, 0.4) is 0 Å². The molecule has 0 N–H and O–H groups in total. The number of Topliss-reactive ketones (excluding diaryl/α,β-unsaturated/α-hetero) is 3. The summed E-state index contributed by atoms with van der Waals surface area (Å²) in [4.78, 5) is 44.6. The number of hydrogen-bond donors (Lipinski definition) is 0. The quantitative estimate of drug-likeness (QED) is 0.0513. The van der Waals surface area contributed by atoms with Crippen LogP contribution in [0.2, 0.25) is 17.5 Å². The van der Waals surface area contributed by atoms with Gasteiger partial charge in [-0.2, -0.15) is 0 Å². The van der Waals surface area contributed by atoms with Crippen LogP contribution >= 0.6 is 0 Å². The summed E-state index contributed by atoms with van der Waals surface area (Å²) in [5.41, 5.74) is -1.38. The van der Waals surface area contributed by atoms with Crippen LogP contribution in [0.5, 0.6) is 0 Å². The third-order valence-electron chi connectivity index (χ3n) is 7.58. The number of carbonyl (C=O) groups is 3. The standard InChI is InChI=1S/C25H49O9Si2.2C4H9.Sn/c1-9-15-29-35(30-16-10-2,31-17-11-3)24(21(7)26)23(28)25(22(8)27)36(32-18-12-4,33-19-13-5)34-20-14-6;2*1-3-4-2;/h24H,9-20H2,1-8H3;2*1,3-4H2,2H3;. The first kappa shape index (κ1) is 45.0. The molecule has 2 atom stereocenters. The van der Waals surface area contributed by atoms with Crippen molar-refractivity contribution < 1.29 is 40.9 Å². The van der Waals surface area contributed by atoms with Gasteiger partial charge in [-0.15, -0.1) is 0 Å². The number of rotatable bonds is 31. The van der Waals surface area contributed by atoms with Crippen molar-refractivity contribution in [2.24, 2.45) is 0 Å². The molecule has 0 aromatic heterocycles. The molecule has 0 aliphatic heterocycles. The zero-order valence-corrected chi connectivity index (χ0v) is 35.3. The van der Waals surface area contributed by atoms with E-state index in [1.165, 1.54) is 13.8 Å². The predicted octanol–water partition coefficient (Wildman–Crippen LogP) is 7.92. The summed E-state index contributed by atoms with van der Waals surface area (Å²) in [6, 6.07) is 0. The summed E-state index contributed by atoms with van der Waals surface area (Å²) in [6.45, 7) is 20.8. The van der Waals surface area contributed by atoms with E-state index in [1.54, 1.807) is 0 Å². The molecule has 0 heterocycles. The molecule has 0 aliphatic carbocycles. The molecule has 0 aliphatic rings. The molecular weight excluding hydrogens is 715 g/mol. The average molecular weight is 783 g/mol. The minimum absolute atomic E-state index is 0.272. The van der Waals surface area contributed by atoms with Crippen LogP contribution in [0.1, 0.15) is 133 Å². The topological polar surface area (TPSA) is 107 Å². The van der Waals surface area contributed by atoms with Gasteiger partial charge in [0.15, 0.2) is 0 Å². The maximum absolute atomic E-state index is 15.9. The second-order valence-electron chi connectivity index (χ2n) is 11.8. The Balaban J connectivity index is 8.25. The van der Waals surface area contributed by atoms with E-state index < -0.39 is 57.5 Å². The minimum atomic E-state index is -4.12. The molecule has 45 heavy (non-hydrogen) atoms. The molecule has 0 saturated carbocycles. The monoisotopic (exact) mass is 783 g/mol. The Morgan fingerprint density at radius 1 is 0.556 bits per heavy atom. The van der Waals surface area contributed by atoms with Gasteiger partial charge in [0.05, 0.1) is 0 Å². The van der Waals surface area contributed by atoms with E-state index in [0.29, 0.717) is 38.5 Å². The fourth-order valence-corrected chi connectivity index (χ4v) is 30.3. The van der Waals surface area contributed by atoms with E-state index in [9.17, 15) is 9.59 Å². The van der Waals surface area contributed by atoms with Crippen LogP contribution in [-0.2, 0) is 40.9 Å².